The van der Waals surface area contributed by atoms with Crippen molar-refractivity contribution >= 4 is 11.6 Å². The van der Waals surface area contributed by atoms with Gasteiger partial charge in [0.05, 0.1) is 0 Å². The summed E-state index contributed by atoms with van der Waals surface area (Å²) in [4.78, 5) is 4.33. The SMILES string of the molecule is CC(c1ccccn1)C(N)c1ccccc1Cl. The zero-order chi connectivity index (χ0) is 12.3. The first kappa shape index (κ1) is 12.1. The summed E-state index contributed by atoms with van der Waals surface area (Å²) in [6.45, 7) is 2.07. The molecule has 0 fully saturated rings. The summed E-state index contributed by atoms with van der Waals surface area (Å²) >= 11 is 6.15. The lowest BCUT2D eigenvalue weighted by molar-refractivity contribution is 0.584. The van der Waals surface area contributed by atoms with E-state index in [1.807, 2.05) is 42.5 Å². The fourth-order valence-electron chi connectivity index (χ4n) is 1.84. The number of nitrogens with two attached hydrogens (primary N) is 1. The lowest BCUT2D eigenvalue weighted by Crippen LogP contribution is -2.18. The van der Waals surface area contributed by atoms with Gasteiger partial charge in [-0.3, -0.25) is 4.98 Å². The van der Waals surface area contributed by atoms with Crippen LogP contribution in [-0.2, 0) is 0 Å². The van der Waals surface area contributed by atoms with Crippen LogP contribution in [0, 0.1) is 0 Å². The van der Waals surface area contributed by atoms with Crippen LogP contribution in [0.1, 0.15) is 30.1 Å². The van der Waals surface area contributed by atoms with Gasteiger partial charge in [0.15, 0.2) is 0 Å². The van der Waals surface area contributed by atoms with Crippen LogP contribution in [-0.4, -0.2) is 4.98 Å². The standard InChI is InChI=1S/C14H15ClN2/c1-10(13-8-4-5-9-17-13)14(16)11-6-2-3-7-12(11)15/h2-10,14H,16H2,1H3. The van der Waals surface area contributed by atoms with Gasteiger partial charge >= 0.3 is 0 Å². The molecular formula is C14H15ClN2. The summed E-state index contributed by atoms with van der Waals surface area (Å²) in [6, 6.07) is 13.4. The van der Waals surface area contributed by atoms with Crippen molar-refractivity contribution in [2.24, 2.45) is 5.73 Å². The summed E-state index contributed by atoms with van der Waals surface area (Å²) in [7, 11) is 0. The number of hydrogen-bond donors (Lipinski definition) is 1. The molecule has 2 nitrogen and oxygen atoms in total. The van der Waals surface area contributed by atoms with Crippen molar-refractivity contribution in [2.45, 2.75) is 18.9 Å². The second-order valence-corrected chi connectivity index (χ2v) is 4.50. The molecule has 0 bridgehead atoms. The molecule has 0 saturated carbocycles. The molecular weight excluding hydrogens is 232 g/mol. The Morgan fingerprint density at radius 2 is 1.82 bits per heavy atom. The van der Waals surface area contributed by atoms with Crippen molar-refractivity contribution in [2.75, 3.05) is 0 Å². The van der Waals surface area contributed by atoms with Crippen LogP contribution >= 0.6 is 11.6 Å². The first-order valence-corrected chi connectivity index (χ1v) is 5.99. The molecule has 0 spiro atoms. The summed E-state index contributed by atoms with van der Waals surface area (Å²) < 4.78 is 0. The summed E-state index contributed by atoms with van der Waals surface area (Å²) in [5.74, 6) is 0.135. The molecule has 2 aromatic rings. The maximum atomic E-state index is 6.25. The predicted octanol–water partition coefficient (Wildman–Crippen LogP) is 3.54. The van der Waals surface area contributed by atoms with Gasteiger partial charge in [-0.2, -0.15) is 0 Å². The predicted molar refractivity (Wildman–Crippen MR) is 71.0 cm³/mol. The molecule has 0 amide bonds. The van der Waals surface area contributed by atoms with Gasteiger partial charge in [0, 0.05) is 28.9 Å². The number of hydrogen-bond acceptors (Lipinski definition) is 2. The Hall–Kier alpha value is -1.38. The normalized spacial score (nSPS) is 14.3. The molecule has 2 atom stereocenters. The third-order valence-electron chi connectivity index (χ3n) is 2.96. The maximum absolute atomic E-state index is 6.25. The number of aromatic nitrogens is 1. The average Bonchev–Trinajstić information content (AvgIpc) is 2.39. The summed E-state index contributed by atoms with van der Waals surface area (Å²) in [6.07, 6.45) is 1.78. The average molecular weight is 247 g/mol. The fraction of sp³-hybridized carbons (Fsp3) is 0.214. The van der Waals surface area contributed by atoms with Crippen LogP contribution in [0.4, 0.5) is 0 Å². The van der Waals surface area contributed by atoms with E-state index in [0.29, 0.717) is 5.02 Å². The van der Waals surface area contributed by atoms with Crippen LogP contribution < -0.4 is 5.73 Å². The van der Waals surface area contributed by atoms with Crippen LogP contribution in [0.2, 0.25) is 5.02 Å². The van der Waals surface area contributed by atoms with E-state index < -0.39 is 0 Å². The first-order valence-electron chi connectivity index (χ1n) is 5.61. The molecule has 1 aromatic heterocycles. The van der Waals surface area contributed by atoms with Gasteiger partial charge in [0.25, 0.3) is 0 Å². The van der Waals surface area contributed by atoms with E-state index in [9.17, 15) is 0 Å². The van der Waals surface area contributed by atoms with Crippen LogP contribution in [0.25, 0.3) is 0 Å². The van der Waals surface area contributed by atoms with Crippen molar-refractivity contribution in [1.82, 2.24) is 4.98 Å². The van der Waals surface area contributed by atoms with Crippen molar-refractivity contribution in [3.8, 4) is 0 Å². The molecule has 0 saturated heterocycles. The smallest absolute Gasteiger partial charge is 0.0453 e. The highest BCUT2D eigenvalue weighted by molar-refractivity contribution is 6.31. The lowest BCUT2D eigenvalue weighted by atomic mass is 9.92. The van der Waals surface area contributed by atoms with E-state index in [0.717, 1.165) is 11.3 Å². The Labute approximate surface area is 106 Å². The zero-order valence-electron chi connectivity index (χ0n) is 9.68. The molecule has 17 heavy (non-hydrogen) atoms. The Morgan fingerprint density at radius 3 is 2.47 bits per heavy atom. The van der Waals surface area contributed by atoms with Crippen LogP contribution in [0.15, 0.2) is 48.7 Å². The first-order chi connectivity index (χ1) is 8.20. The quantitative estimate of drug-likeness (QED) is 0.900. The Balaban J connectivity index is 2.27. The molecule has 2 unspecified atom stereocenters. The monoisotopic (exact) mass is 246 g/mol. The number of rotatable bonds is 3. The minimum absolute atomic E-state index is 0.135. The van der Waals surface area contributed by atoms with Crippen molar-refractivity contribution in [3.05, 3.63) is 64.9 Å². The second kappa shape index (κ2) is 5.30. The molecule has 2 N–H and O–H groups in total. The highest BCUT2D eigenvalue weighted by Crippen LogP contribution is 2.31. The highest BCUT2D eigenvalue weighted by atomic mass is 35.5. The number of nitrogens with zero attached hydrogens (tertiary/aromatic N) is 1. The number of pyridine rings is 1. The minimum atomic E-state index is -0.140. The van der Waals surface area contributed by atoms with Gasteiger partial charge in [0.1, 0.15) is 0 Å². The molecule has 0 radical (unpaired) electrons. The third kappa shape index (κ3) is 2.65. The van der Waals surface area contributed by atoms with Gasteiger partial charge < -0.3 is 5.73 Å². The van der Waals surface area contributed by atoms with Gasteiger partial charge in [-0.25, -0.2) is 0 Å². The highest BCUT2D eigenvalue weighted by Gasteiger charge is 2.19. The Kier molecular flexibility index (Phi) is 3.77. The van der Waals surface area contributed by atoms with E-state index >= 15 is 0 Å². The molecule has 0 aliphatic rings. The molecule has 1 aromatic carbocycles. The number of benzene rings is 1. The Morgan fingerprint density at radius 1 is 1.12 bits per heavy atom. The summed E-state index contributed by atoms with van der Waals surface area (Å²) in [5.41, 5.74) is 8.20. The van der Waals surface area contributed by atoms with Gasteiger partial charge in [-0.1, -0.05) is 42.8 Å². The van der Waals surface area contributed by atoms with Gasteiger partial charge in [0.2, 0.25) is 0 Å². The topological polar surface area (TPSA) is 38.9 Å². The molecule has 0 aliphatic carbocycles. The van der Waals surface area contributed by atoms with Crippen LogP contribution in [0.3, 0.4) is 0 Å². The molecule has 88 valence electrons. The van der Waals surface area contributed by atoms with Crippen molar-refractivity contribution in [1.29, 1.82) is 0 Å². The van der Waals surface area contributed by atoms with Crippen LogP contribution in [0.5, 0.6) is 0 Å². The van der Waals surface area contributed by atoms with E-state index in [4.69, 9.17) is 17.3 Å². The third-order valence-corrected chi connectivity index (χ3v) is 3.30. The van der Waals surface area contributed by atoms with Crippen molar-refractivity contribution in [3.63, 3.8) is 0 Å². The largest absolute Gasteiger partial charge is 0.323 e. The zero-order valence-corrected chi connectivity index (χ0v) is 10.4. The maximum Gasteiger partial charge on any atom is 0.0453 e. The van der Waals surface area contributed by atoms with E-state index in [1.54, 1.807) is 6.20 Å². The van der Waals surface area contributed by atoms with Crippen molar-refractivity contribution < 1.29 is 0 Å². The number of halogens is 1. The molecule has 1 heterocycles. The lowest BCUT2D eigenvalue weighted by Gasteiger charge is -2.20. The van der Waals surface area contributed by atoms with E-state index in [-0.39, 0.29) is 12.0 Å². The fourth-order valence-corrected chi connectivity index (χ4v) is 2.11. The van der Waals surface area contributed by atoms with Gasteiger partial charge in [-0.05, 0) is 23.8 Å². The second-order valence-electron chi connectivity index (χ2n) is 4.09. The van der Waals surface area contributed by atoms with E-state index in [1.165, 1.54) is 0 Å². The minimum Gasteiger partial charge on any atom is -0.323 e. The molecule has 2 rings (SSSR count). The van der Waals surface area contributed by atoms with Gasteiger partial charge in [-0.15, -0.1) is 0 Å². The summed E-state index contributed by atoms with van der Waals surface area (Å²) in [5, 5.41) is 0.711. The Bertz CT molecular complexity index is 485. The molecule has 0 aliphatic heterocycles. The molecule has 3 heteroatoms. The van der Waals surface area contributed by atoms with E-state index in [2.05, 4.69) is 11.9 Å².